The Morgan fingerprint density at radius 1 is 1.56 bits per heavy atom. The van der Waals surface area contributed by atoms with Gasteiger partial charge in [0.05, 0.1) is 5.69 Å². The number of para-hydroxylation sites is 1. The van der Waals surface area contributed by atoms with Crippen LogP contribution in [0.1, 0.15) is 25.3 Å². The molecule has 2 N–H and O–H groups in total. The van der Waals surface area contributed by atoms with Crippen LogP contribution in [0.3, 0.4) is 0 Å². The Hall–Kier alpha value is -1.16. The zero-order valence-electron chi connectivity index (χ0n) is 9.36. The van der Waals surface area contributed by atoms with E-state index in [1.165, 1.54) is 5.56 Å². The number of carbonyl (C=O) groups is 1. The SMILES string of the molecule is CC(C)c1cccc2c1NC(C(=O)O)CS2. The lowest BCUT2D eigenvalue weighted by atomic mass is 10.0. The van der Waals surface area contributed by atoms with Crippen LogP contribution in [-0.4, -0.2) is 22.9 Å². The highest BCUT2D eigenvalue weighted by atomic mass is 32.2. The van der Waals surface area contributed by atoms with Crippen molar-refractivity contribution in [2.75, 3.05) is 11.1 Å². The summed E-state index contributed by atoms with van der Waals surface area (Å²) in [6.07, 6.45) is 0. The Balaban J connectivity index is 2.38. The molecule has 0 aromatic heterocycles. The summed E-state index contributed by atoms with van der Waals surface area (Å²) in [4.78, 5) is 12.1. The maximum atomic E-state index is 11.0. The third-order valence-corrected chi connectivity index (χ3v) is 3.85. The van der Waals surface area contributed by atoms with Gasteiger partial charge < -0.3 is 10.4 Å². The molecule has 1 aliphatic heterocycles. The van der Waals surface area contributed by atoms with Crippen LogP contribution in [0.4, 0.5) is 5.69 Å². The van der Waals surface area contributed by atoms with Gasteiger partial charge in [-0.1, -0.05) is 26.0 Å². The predicted octanol–water partition coefficient (Wildman–Crippen LogP) is 2.78. The first kappa shape index (κ1) is 11.3. The Bertz CT molecular complexity index is 417. The molecule has 4 heteroatoms. The Morgan fingerprint density at radius 3 is 2.94 bits per heavy atom. The van der Waals surface area contributed by atoms with Gasteiger partial charge >= 0.3 is 5.97 Å². The largest absolute Gasteiger partial charge is 0.480 e. The molecule has 1 aromatic carbocycles. The minimum absolute atomic E-state index is 0.399. The number of hydrogen-bond donors (Lipinski definition) is 2. The zero-order valence-corrected chi connectivity index (χ0v) is 10.2. The number of anilines is 1. The van der Waals surface area contributed by atoms with E-state index in [1.54, 1.807) is 11.8 Å². The maximum Gasteiger partial charge on any atom is 0.326 e. The van der Waals surface area contributed by atoms with Crippen molar-refractivity contribution < 1.29 is 9.90 Å². The van der Waals surface area contributed by atoms with Crippen molar-refractivity contribution in [3.63, 3.8) is 0 Å². The van der Waals surface area contributed by atoms with Crippen LogP contribution >= 0.6 is 11.8 Å². The molecule has 86 valence electrons. The van der Waals surface area contributed by atoms with E-state index in [0.717, 1.165) is 10.6 Å². The zero-order chi connectivity index (χ0) is 11.7. The highest BCUT2D eigenvalue weighted by Gasteiger charge is 2.25. The normalized spacial score (nSPS) is 19.1. The van der Waals surface area contributed by atoms with Crippen molar-refractivity contribution in [2.45, 2.75) is 30.7 Å². The summed E-state index contributed by atoms with van der Waals surface area (Å²) >= 11 is 1.61. The molecule has 0 amide bonds. The van der Waals surface area contributed by atoms with Gasteiger partial charge in [0.15, 0.2) is 0 Å². The molecule has 1 aromatic rings. The fourth-order valence-corrected chi connectivity index (χ4v) is 2.89. The molecule has 2 rings (SSSR count). The highest BCUT2D eigenvalue weighted by Crippen LogP contribution is 2.38. The van der Waals surface area contributed by atoms with Gasteiger partial charge in [0.2, 0.25) is 0 Å². The molecule has 1 atom stereocenters. The Morgan fingerprint density at radius 2 is 2.31 bits per heavy atom. The van der Waals surface area contributed by atoms with E-state index in [4.69, 9.17) is 5.11 Å². The summed E-state index contributed by atoms with van der Waals surface area (Å²) in [5.41, 5.74) is 2.19. The molecule has 16 heavy (non-hydrogen) atoms. The predicted molar refractivity (Wildman–Crippen MR) is 66.3 cm³/mol. The number of carboxylic acid groups (broad SMARTS) is 1. The molecule has 0 radical (unpaired) electrons. The fourth-order valence-electron chi connectivity index (χ4n) is 1.83. The third kappa shape index (κ3) is 2.02. The molecule has 0 aliphatic carbocycles. The van der Waals surface area contributed by atoms with E-state index in [2.05, 4.69) is 25.2 Å². The summed E-state index contributed by atoms with van der Waals surface area (Å²) in [5.74, 6) is 0.205. The second-order valence-electron chi connectivity index (χ2n) is 4.22. The summed E-state index contributed by atoms with van der Waals surface area (Å²) < 4.78 is 0. The van der Waals surface area contributed by atoms with Crippen LogP contribution in [0.15, 0.2) is 23.1 Å². The van der Waals surface area contributed by atoms with Gasteiger partial charge in [-0.25, -0.2) is 4.79 Å². The first-order valence-electron chi connectivity index (χ1n) is 5.34. The van der Waals surface area contributed by atoms with Crippen LogP contribution < -0.4 is 5.32 Å². The van der Waals surface area contributed by atoms with Crippen molar-refractivity contribution in [3.8, 4) is 0 Å². The smallest absolute Gasteiger partial charge is 0.326 e. The molecule has 0 saturated heterocycles. The summed E-state index contributed by atoms with van der Waals surface area (Å²) in [6, 6.07) is 5.65. The lowest BCUT2D eigenvalue weighted by Gasteiger charge is -2.26. The number of aliphatic carboxylic acids is 1. The van der Waals surface area contributed by atoms with E-state index in [-0.39, 0.29) is 0 Å². The average Bonchev–Trinajstić information content (AvgIpc) is 2.27. The van der Waals surface area contributed by atoms with Crippen LogP contribution in [0.5, 0.6) is 0 Å². The minimum atomic E-state index is -0.781. The quantitative estimate of drug-likeness (QED) is 0.830. The van der Waals surface area contributed by atoms with Gasteiger partial charge in [0, 0.05) is 10.6 Å². The number of benzene rings is 1. The Labute approximate surface area is 99.2 Å². The minimum Gasteiger partial charge on any atom is -0.480 e. The molecular weight excluding hydrogens is 222 g/mol. The van der Waals surface area contributed by atoms with Crippen LogP contribution in [-0.2, 0) is 4.79 Å². The van der Waals surface area contributed by atoms with E-state index >= 15 is 0 Å². The summed E-state index contributed by atoms with van der Waals surface area (Å²) in [7, 11) is 0. The monoisotopic (exact) mass is 237 g/mol. The molecule has 0 saturated carbocycles. The first-order chi connectivity index (χ1) is 7.59. The van der Waals surface area contributed by atoms with Gasteiger partial charge in [0.25, 0.3) is 0 Å². The first-order valence-corrected chi connectivity index (χ1v) is 6.33. The van der Waals surface area contributed by atoms with Crippen molar-refractivity contribution in [3.05, 3.63) is 23.8 Å². The van der Waals surface area contributed by atoms with Gasteiger partial charge in [-0.05, 0) is 17.5 Å². The molecule has 1 heterocycles. The summed E-state index contributed by atoms with van der Waals surface area (Å²) in [5, 5.41) is 12.1. The molecule has 0 spiro atoms. The standard InChI is InChI=1S/C12H15NO2S/c1-7(2)8-4-3-5-10-11(8)13-9(6-16-10)12(14)15/h3-5,7,9,13H,6H2,1-2H3,(H,14,15). The van der Waals surface area contributed by atoms with Gasteiger partial charge in [-0.2, -0.15) is 0 Å². The third-order valence-electron chi connectivity index (χ3n) is 2.70. The van der Waals surface area contributed by atoms with Crippen molar-refractivity contribution in [1.82, 2.24) is 0 Å². The topological polar surface area (TPSA) is 49.3 Å². The van der Waals surface area contributed by atoms with Gasteiger partial charge in [0.1, 0.15) is 6.04 Å². The lowest BCUT2D eigenvalue weighted by molar-refractivity contribution is -0.137. The van der Waals surface area contributed by atoms with E-state index in [0.29, 0.717) is 11.7 Å². The van der Waals surface area contributed by atoms with Crippen LogP contribution in [0, 0.1) is 0 Å². The number of hydrogen-bond acceptors (Lipinski definition) is 3. The molecule has 1 aliphatic rings. The molecule has 1 unspecified atom stereocenters. The van der Waals surface area contributed by atoms with E-state index < -0.39 is 12.0 Å². The van der Waals surface area contributed by atoms with E-state index in [9.17, 15) is 4.79 Å². The van der Waals surface area contributed by atoms with Crippen molar-refractivity contribution >= 4 is 23.4 Å². The number of rotatable bonds is 2. The second kappa shape index (κ2) is 4.37. The Kier molecular flexibility index (Phi) is 3.10. The molecule has 0 fully saturated rings. The fraction of sp³-hybridized carbons (Fsp3) is 0.417. The lowest BCUT2D eigenvalue weighted by Crippen LogP contribution is -2.34. The van der Waals surface area contributed by atoms with Crippen LogP contribution in [0.25, 0.3) is 0 Å². The van der Waals surface area contributed by atoms with Crippen molar-refractivity contribution in [2.24, 2.45) is 0 Å². The van der Waals surface area contributed by atoms with Gasteiger partial charge in [-0.3, -0.25) is 0 Å². The molecule has 0 bridgehead atoms. The van der Waals surface area contributed by atoms with Gasteiger partial charge in [-0.15, -0.1) is 11.8 Å². The molecular formula is C12H15NO2S. The van der Waals surface area contributed by atoms with Crippen molar-refractivity contribution in [1.29, 1.82) is 0 Å². The second-order valence-corrected chi connectivity index (χ2v) is 5.28. The average molecular weight is 237 g/mol. The maximum absolute atomic E-state index is 11.0. The number of thioether (sulfide) groups is 1. The number of nitrogens with one attached hydrogen (secondary N) is 1. The number of carboxylic acids is 1. The summed E-state index contributed by atoms with van der Waals surface area (Å²) in [6.45, 7) is 4.23. The molecule has 3 nitrogen and oxygen atoms in total. The van der Waals surface area contributed by atoms with Crippen LogP contribution in [0.2, 0.25) is 0 Å². The number of fused-ring (bicyclic) bond motifs is 1. The highest BCUT2D eigenvalue weighted by molar-refractivity contribution is 7.99. The van der Waals surface area contributed by atoms with E-state index in [1.807, 2.05) is 12.1 Å².